The Morgan fingerprint density at radius 1 is 1.41 bits per heavy atom. The number of nitrogens with one attached hydrogen (secondary N) is 1. The van der Waals surface area contributed by atoms with E-state index >= 15 is 0 Å². The van der Waals surface area contributed by atoms with Crippen molar-refractivity contribution in [2.45, 2.75) is 19.3 Å². The third-order valence-electron chi connectivity index (χ3n) is 3.89. The highest BCUT2D eigenvalue weighted by atomic mass is 16.5. The van der Waals surface area contributed by atoms with E-state index in [-0.39, 0.29) is 12.6 Å². The molecule has 2 rings (SSSR count). The topological polar surface area (TPSA) is 78.9 Å². The molecule has 6 heteroatoms. The van der Waals surface area contributed by atoms with Crippen LogP contribution in [0.2, 0.25) is 0 Å². The van der Waals surface area contributed by atoms with E-state index in [1.165, 1.54) is 0 Å². The number of para-hydroxylation sites is 1. The molecule has 2 N–H and O–H groups in total. The smallest absolute Gasteiger partial charge is 0.321 e. The van der Waals surface area contributed by atoms with E-state index in [9.17, 15) is 9.59 Å². The second kappa shape index (κ2) is 7.79. The Labute approximate surface area is 130 Å². The van der Waals surface area contributed by atoms with Gasteiger partial charge in [-0.2, -0.15) is 0 Å². The van der Waals surface area contributed by atoms with Gasteiger partial charge in [0.2, 0.25) is 0 Å². The van der Waals surface area contributed by atoms with Crippen molar-refractivity contribution in [2.24, 2.45) is 5.92 Å². The van der Waals surface area contributed by atoms with Gasteiger partial charge in [0.25, 0.3) is 0 Å². The van der Waals surface area contributed by atoms with Crippen LogP contribution in [0.5, 0.6) is 0 Å². The first-order valence-corrected chi connectivity index (χ1v) is 7.47. The van der Waals surface area contributed by atoms with E-state index in [0.29, 0.717) is 26.0 Å². The summed E-state index contributed by atoms with van der Waals surface area (Å²) in [6, 6.07) is 7.34. The van der Waals surface area contributed by atoms with E-state index in [0.717, 1.165) is 17.7 Å². The number of carbonyl (C=O) groups excluding carboxylic acids is 1. The number of likely N-dealkylation sites (tertiary alicyclic amines) is 1. The van der Waals surface area contributed by atoms with Gasteiger partial charge in [-0.15, -0.1) is 0 Å². The maximum atomic E-state index is 12.4. The number of methoxy groups -OCH3 is 1. The minimum absolute atomic E-state index is 0.240. The molecule has 0 spiro atoms. The predicted octanol–water partition coefficient (Wildman–Crippen LogP) is 2.20. The average Bonchev–Trinajstić information content (AvgIpc) is 2.54. The van der Waals surface area contributed by atoms with E-state index in [4.69, 9.17) is 9.84 Å². The van der Waals surface area contributed by atoms with Crippen molar-refractivity contribution < 1.29 is 19.4 Å². The molecule has 1 saturated heterocycles. The lowest BCUT2D eigenvalue weighted by atomic mass is 9.99. The summed E-state index contributed by atoms with van der Waals surface area (Å²) in [6.45, 7) is 1.44. The number of benzene rings is 1. The van der Waals surface area contributed by atoms with Crippen molar-refractivity contribution in [1.29, 1.82) is 0 Å². The molecule has 1 aliphatic heterocycles. The number of rotatable bonds is 5. The summed E-state index contributed by atoms with van der Waals surface area (Å²) in [7, 11) is 1.64. The number of carboxylic acid groups (broad SMARTS) is 1. The summed E-state index contributed by atoms with van der Waals surface area (Å²) in [5.41, 5.74) is 1.76. The summed E-state index contributed by atoms with van der Waals surface area (Å²) < 4.78 is 5.07. The maximum absolute atomic E-state index is 12.4. The number of urea groups is 1. The van der Waals surface area contributed by atoms with Gasteiger partial charge in [-0.1, -0.05) is 18.2 Å². The number of nitrogens with zero attached hydrogens (tertiary/aromatic N) is 1. The fraction of sp³-hybridized carbons (Fsp3) is 0.500. The van der Waals surface area contributed by atoms with Gasteiger partial charge in [0.05, 0.1) is 12.5 Å². The molecule has 1 fully saturated rings. The van der Waals surface area contributed by atoms with Crippen molar-refractivity contribution in [3.8, 4) is 0 Å². The number of carbonyl (C=O) groups is 2. The summed E-state index contributed by atoms with van der Waals surface area (Å²) in [5.74, 6) is -1.30. The molecule has 1 aromatic rings. The van der Waals surface area contributed by atoms with Crippen LogP contribution in [0.4, 0.5) is 10.5 Å². The van der Waals surface area contributed by atoms with Gasteiger partial charge in [-0.3, -0.25) is 4.79 Å². The third-order valence-corrected chi connectivity index (χ3v) is 3.89. The van der Waals surface area contributed by atoms with Gasteiger partial charge in [-0.25, -0.2) is 4.79 Å². The molecular formula is C16H22N2O4. The third kappa shape index (κ3) is 4.21. The number of piperidine rings is 1. The number of amides is 2. The number of hydrogen-bond acceptors (Lipinski definition) is 3. The first kappa shape index (κ1) is 16.3. The lowest BCUT2D eigenvalue weighted by Crippen LogP contribution is -2.44. The minimum Gasteiger partial charge on any atom is -0.481 e. The highest BCUT2D eigenvalue weighted by molar-refractivity contribution is 5.90. The lowest BCUT2D eigenvalue weighted by Gasteiger charge is -2.31. The average molecular weight is 306 g/mol. The monoisotopic (exact) mass is 306 g/mol. The molecule has 0 radical (unpaired) electrons. The Morgan fingerprint density at radius 3 is 2.91 bits per heavy atom. The van der Waals surface area contributed by atoms with Crippen LogP contribution < -0.4 is 5.32 Å². The first-order valence-electron chi connectivity index (χ1n) is 7.47. The summed E-state index contributed by atoms with van der Waals surface area (Å²) >= 11 is 0. The zero-order valence-electron chi connectivity index (χ0n) is 12.7. The number of hydrogen-bond donors (Lipinski definition) is 2. The van der Waals surface area contributed by atoms with Gasteiger partial charge in [-0.05, 0) is 30.9 Å². The molecule has 0 aliphatic carbocycles. The number of anilines is 1. The van der Waals surface area contributed by atoms with Gasteiger partial charge in [0.15, 0.2) is 0 Å². The summed E-state index contributed by atoms with van der Waals surface area (Å²) in [6.07, 6.45) is 2.06. The largest absolute Gasteiger partial charge is 0.481 e. The Hall–Kier alpha value is -2.08. The fourth-order valence-corrected chi connectivity index (χ4v) is 2.63. The van der Waals surface area contributed by atoms with Crippen LogP contribution in [0.3, 0.4) is 0 Å². The van der Waals surface area contributed by atoms with Crippen LogP contribution in [0, 0.1) is 5.92 Å². The molecule has 0 aromatic heterocycles. The Kier molecular flexibility index (Phi) is 5.77. The SMILES string of the molecule is COCCc1ccccc1NC(=O)N1CCCC(C(=O)O)C1. The van der Waals surface area contributed by atoms with Crippen LogP contribution in [0.15, 0.2) is 24.3 Å². The molecule has 1 atom stereocenters. The van der Waals surface area contributed by atoms with Crippen LogP contribution in [0.1, 0.15) is 18.4 Å². The molecule has 6 nitrogen and oxygen atoms in total. The number of carboxylic acids is 1. The fourth-order valence-electron chi connectivity index (χ4n) is 2.63. The van der Waals surface area contributed by atoms with Crippen molar-refractivity contribution in [3.05, 3.63) is 29.8 Å². The molecule has 1 unspecified atom stereocenters. The Balaban J connectivity index is 2.01. The zero-order valence-corrected chi connectivity index (χ0v) is 12.7. The van der Waals surface area contributed by atoms with E-state index in [2.05, 4.69) is 5.32 Å². The highest BCUT2D eigenvalue weighted by Crippen LogP contribution is 2.20. The molecule has 120 valence electrons. The number of ether oxygens (including phenoxy) is 1. The van der Waals surface area contributed by atoms with Gasteiger partial charge >= 0.3 is 12.0 Å². The molecular weight excluding hydrogens is 284 g/mol. The van der Waals surface area contributed by atoms with Crippen molar-refractivity contribution in [2.75, 3.05) is 32.1 Å². The Morgan fingerprint density at radius 2 is 2.18 bits per heavy atom. The van der Waals surface area contributed by atoms with Crippen LogP contribution >= 0.6 is 0 Å². The second-order valence-electron chi connectivity index (χ2n) is 5.45. The molecule has 1 aliphatic rings. The van der Waals surface area contributed by atoms with Gasteiger partial charge in [0, 0.05) is 25.9 Å². The molecule has 0 bridgehead atoms. The van der Waals surface area contributed by atoms with E-state index in [1.807, 2.05) is 24.3 Å². The predicted molar refractivity (Wildman–Crippen MR) is 83.0 cm³/mol. The lowest BCUT2D eigenvalue weighted by molar-refractivity contribution is -0.143. The van der Waals surface area contributed by atoms with E-state index < -0.39 is 11.9 Å². The summed E-state index contributed by atoms with van der Waals surface area (Å²) in [4.78, 5) is 25.0. The molecule has 0 saturated carbocycles. The molecule has 1 aromatic carbocycles. The second-order valence-corrected chi connectivity index (χ2v) is 5.45. The quantitative estimate of drug-likeness (QED) is 0.874. The van der Waals surface area contributed by atoms with Gasteiger partial charge in [0.1, 0.15) is 0 Å². The maximum Gasteiger partial charge on any atom is 0.321 e. The molecule has 22 heavy (non-hydrogen) atoms. The van der Waals surface area contributed by atoms with Crippen LogP contribution in [-0.2, 0) is 16.0 Å². The van der Waals surface area contributed by atoms with Crippen molar-refractivity contribution in [1.82, 2.24) is 4.90 Å². The summed E-state index contributed by atoms with van der Waals surface area (Å²) in [5, 5.41) is 12.0. The van der Waals surface area contributed by atoms with E-state index in [1.54, 1.807) is 12.0 Å². The van der Waals surface area contributed by atoms with Crippen molar-refractivity contribution in [3.63, 3.8) is 0 Å². The first-order chi connectivity index (χ1) is 10.6. The molecule has 2 amide bonds. The minimum atomic E-state index is -0.835. The standard InChI is InChI=1S/C16H22N2O4/c1-22-10-8-12-5-2-3-7-14(12)17-16(21)18-9-4-6-13(11-18)15(19)20/h2-3,5,7,13H,4,6,8-11H2,1H3,(H,17,21)(H,19,20). The normalized spacial score (nSPS) is 18.0. The van der Waals surface area contributed by atoms with Crippen molar-refractivity contribution >= 4 is 17.7 Å². The Bertz CT molecular complexity index is 533. The highest BCUT2D eigenvalue weighted by Gasteiger charge is 2.28. The zero-order chi connectivity index (χ0) is 15.9. The van der Waals surface area contributed by atoms with Gasteiger partial charge < -0.3 is 20.1 Å². The van der Waals surface area contributed by atoms with Crippen LogP contribution in [0.25, 0.3) is 0 Å². The van der Waals surface area contributed by atoms with Crippen LogP contribution in [-0.4, -0.2) is 48.8 Å². The number of aliphatic carboxylic acids is 1. The molecule has 1 heterocycles.